The minimum atomic E-state index is -0.615. The summed E-state index contributed by atoms with van der Waals surface area (Å²) >= 11 is 10.0. The summed E-state index contributed by atoms with van der Waals surface area (Å²) in [5.41, 5.74) is 6.01. The van der Waals surface area contributed by atoms with Gasteiger partial charge in [-0.05, 0) is 6.07 Å². The Morgan fingerprint density at radius 3 is 2.72 bits per heavy atom. The van der Waals surface area contributed by atoms with Crippen molar-refractivity contribution in [2.75, 3.05) is 17.2 Å². The number of nitrogens with zero attached hydrogens (tertiary/aromatic N) is 2. The number of halogens is 1. The van der Waals surface area contributed by atoms with E-state index in [9.17, 15) is 14.9 Å². The Bertz CT molecular complexity index is 537. The van der Waals surface area contributed by atoms with Crippen LogP contribution in [-0.4, -0.2) is 22.6 Å². The van der Waals surface area contributed by atoms with Crippen molar-refractivity contribution in [3.8, 4) is 0 Å². The van der Waals surface area contributed by atoms with Gasteiger partial charge >= 0.3 is 0 Å². The molecule has 1 aliphatic heterocycles. The predicted octanol–water partition coefficient (Wildman–Crippen LogP) is 1.87. The van der Waals surface area contributed by atoms with Crippen LogP contribution < -0.4 is 10.6 Å². The molecule has 2 rings (SSSR count). The summed E-state index contributed by atoms with van der Waals surface area (Å²) in [4.78, 5) is 23.2. The number of nitro groups is 1. The van der Waals surface area contributed by atoms with Crippen LogP contribution in [0.4, 0.5) is 17.1 Å². The molecule has 0 aromatic heterocycles. The molecule has 1 saturated heterocycles. The molecule has 18 heavy (non-hydrogen) atoms. The molecule has 1 aromatic carbocycles. The van der Waals surface area contributed by atoms with E-state index in [1.54, 1.807) is 0 Å². The van der Waals surface area contributed by atoms with Crippen molar-refractivity contribution < 1.29 is 9.72 Å². The number of anilines is 2. The fourth-order valence-electron chi connectivity index (χ4n) is 1.86. The second-order valence-corrected chi connectivity index (χ2v) is 5.12. The molecule has 8 heteroatoms. The largest absolute Gasteiger partial charge is 0.397 e. The van der Waals surface area contributed by atoms with E-state index in [1.807, 2.05) is 0 Å². The van der Waals surface area contributed by atoms with E-state index in [-0.39, 0.29) is 27.6 Å². The fraction of sp³-hybridized carbons (Fsp3) is 0.300. The number of carbonyl (C=O) groups excluding carboxylic acids is 1. The van der Waals surface area contributed by atoms with Gasteiger partial charge in [-0.15, -0.1) is 0 Å². The lowest BCUT2D eigenvalue weighted by molar-refractivity contribution is -0.384. The van der Waals surface area contributed by atoms with Gasteiger partial charge in [0.1, 0.15) is 5.02 Å². The van der Waals surface area contributed by atoms with Gasteiger partial charge in [0.15, 0.2) is 0 Å². The molecule has 1 aliphatic rings. The van der Waals surface area contributed by atoms with Gasteiger partial charge in [-0.3, -0.25) is 14.9 Å². The molecule has 0 spiro atoms. The van der Waals surface area contributed by atoms with Crippen LogP contribution in [-0.2, 0) is 4.79 Å². The Balaban J connectivity index is 2.44. The van der Waals surface area contributed by atoms with Crippen LogP contribution in [0.3, 0.4) is 0 Å². The monoisotopic (exact) mass is 287 g/mol. The van der Waals surface area contributed by atoms with Crippen molar-refractivity contribution in [1.82, 2.24) is 0 Å². The van der Waals surface area contributed by atoms with Crippen LogP contribution >= 0.6 is 24.2 Å². The molecule has 1 fully saturated rings. The molecule has 1 heterocycles. The number of rotatable bonds is 2. The first-order valence-corrected chi connectivity index (χ1v) is 6.01. The number of hydrogen-bond acceptors (Lipinski definition) is 5. The van der Waals surface area contributed by atoms with Crippen LogP contribution in [0, 0.1) is 10.1 Å². The maximum atomic E-state index is 11.7. The van der Waals surface area contributed by atoms with E-state index in [2.05, 4.69) is 12.6 Å². The summed E-state index contributed by atoms with van der Waals surface area (Å²) in [7, 11) is 0. The quantitative estimate of drug-likeness (QED) is 0.376. The molecule has 0 radical (unpaired) electrons. The Hall–Kier alpha value is -1.47. The third-order valence-electron chi connectivity index (χ3n) is 2.69. The zero-order chi connectivity index (χ0) is 13.4. The highest BCUT2D eigenvalue weighted by Crippen LogP contribution is 2.36. The average Bonchev–Trinajstić information content (AvgIpc) is 2.60. The fourth-order valence-corrected chi connectivity index (χ4v) is 2.41. The Morgan fingerprint density at radius 1 is 1.56 bits per heavy atom. The molecule has 1 atom stereocenters. The minimum Gasteiger partial charge on any atom is -0.397 e. The molecule has 1 amide bonds. The minimum absolute atomic E-state index is 0.0420. The molecule has 6 nitrogen and oxygen atoms in total. The second kappa shape index (κ2) is 4.66. The predicted molar refractivity (Wildman–Crippen MR) is 72.3 cm³/mol. The van der Waals surface area contributed by atoms with Gasteiger partial charge in [-0.25, -0.2) is 0 Å². The van der Waals surface area contributed by atoms with Crippen molar-refractivity contribution in [3.63, 3.8) is 0 Å². The average molecular weight is 288 g/mol. The number of hydrogen-bond donors (Lipinski definition) is 2. The lowest BCUT2D eigenvalue weighted by Gasteiger charge is -2.18. The van der Waals surface area contributed by atoms with Crippen LogP contribution in [0.2, 0.25) is 5.02 Å². The molecule has 96 valence electrons. The van der Waals surface area contributed by atoms with Crippen LogP contribution in [0.1, 0.15) is 6.42 Å². The number of benzene rings is 1. The van der Waals surface area contributed by atoms with Crippen molar-refractivity contribution in [2.45, 2.75) is 11.7 Å². The lowest BCUT2D eigenvalue weighted by Crippen LogP contribution is -2.25. The number of nitrogen functional groups attached to an aromatic ring is 1. The highest BCUT2D eigenvalue weighted by Gasteiger charge is 2.30. The number of amides is 1. The van der Waals surface area contributed by atoms with Gasteiger partial charge in [0.05, 0.1) is 16.3 Å². The van der Waals surface area contributed by atoms with Gasteiger partial charge in [0, 0.05) is 24.3 Å². The van der Waals surface area contributed by atoms with Gasteiger partial charge in [-0.2, -0.15) is 12.6 Å². The number of thiol groups is 1. The van der Waals surface area contributed by atoms with Crippen molar-refractivity contribution in [1.29, 1.82) is 0 Å². The summed E-state index contributed by atoms with van der Waals surface area (Å²) in [6.45, 7) is 0.417. The number of nitro benzene ring substituents is 1. The summed E-state index contributed by atoms with van der Waals surface area (Å²) < 4.78 is 0. The first-order valence-electron chi connectivity index (χ1n) is 5.12. The zero-order valence-electron chi connectivity index (χ0n) is 9.17. The lowest BCUT2D eigenvalue weighted by atomic mass is 10.2. The Kier molecular flexibility index (Phi) is 3.36. The maximum Gasteiger partial charge on any atom is 0.290 e. The summed E-state index contributed by atoms with van der Waals surface area (Å²) in [5.74, 6) is -0.119. The normalized spacial score (nSPS) is 19.3. The summed E-state index contributed by atoms with van der Waals surface area (Å²) in [5, 5.41) is 10.6. The van der Waals surface area contributed by atoms with E-state index >= 15 is 0 Å². The molecule has 0 bridgehead atoms. The third kappa shape index (κ3) is 2.23. The van der Waals surface area contributed by atoms with Crippen LogP contribution in [0.25, 0.3) is 0 Å². The summed E-state index contributed by atoms with van der Waals surface area (Å²) in [6, 6.07) is 2.51. The van der Waals surface area contributed by atoms with Crippen molar-refractivity contribution >= 4 is 47.2 Å². The van der Waals surface area contributed by atoms with E-state index in [0.717, 1.165) is 6.07 Å². The van der Waals surface area contributed by atoms with Gasteiger partial charge in [-0.1, -0.05) is 11.6 Å². The van der Waals surface area contributed by atoms with Crippen molar-refractivity contribution in [3.05, 3.63) is 27.3 Å². The summed E-state index contributed by atoms with van der Waals surface area (Å²) in [6.07, 6.45) is 0.317. The molecule has 1 aromatic rings. The van der Waals surface area contributed by atoms with Crippen LogP contribution in [0.5, 0.6) is 0 Å². The van der Waals surface area contributed by atoms with Crippen LogP contribution in [0.15, 0.2) is 12.1 Å². The van der Waals surface area contributed by atoms with Gasteiger partial charge in [0.2, 0.25) is 5.91 Å². The zero-order valence-corrected chi connectivity index (χ0v) is 10.8. The molecule has 1 unspecified atom stereocenters. The topological polar surface area (TPSA) is 89.5 Å². The van der Waals surface area contributed by atoms with E-state index in [0.29, 0.717) is 18.7 Å². The third-order valence-corrected chi connectivity index (χ3v) is 3.34. The highest BCUT2D eigenvalue weighted by atomic mass is 35.5. The second-order valence-electron chi connectivity index (χ2n) is 3.98. The molecular formula is C10H10ClN3O3S. The Labute approximate surface area is 113 Å². The van der Waals surface area contributed by atoms with E-state index < -0.39 is 4.92 Å². The molecule has 2 N–H and O–H groups in total. The number of carbonyl (C=O) groups is 1. The Morgan fingerprint density at radius 2 is 2.22 bits per heavy atom. The maximum absolute atomic E-state index is 11.7. The molecule has 0 aliphatic carbocycles. The highest BCUT2D eigenvalue weighted by molar-refractivity contribution is 7.81. The van der Waals surface area contributed by atoms with Gasteiger partial charge < -0.3 is 10.6 Å². The first-order chi connectivity index (χ1) is 8.40. The number of nitrogens with two attached hydrogens (primary N) is 1. The van der Waals surface area contributed by atoms with Gasteiger partial charge in [0.25, 0.3) is 5.69 Å². The smallest absolute Gasteiger partial charge is 0.290 e. The van der Waals surface area contributed by atoms with E-state index in [1.165, 1.54) is 11.0 Å². The SMILES string of the molecule is Nc1cc([N+](=O)[O-])c(Cl)cc1N1CC(S)CC1=O. The standard InChI is InChI=1S/C10H10ClN3O3S/c11-6-2-9(7(12)3-8(6)14(16)17)13-4-5(18)1-10(13)15/h2-3,5,18H,1,4,12H2. The molecular weight excluding hydrogens is 278 g/mol. The van der Waals surface area contributed by atoms with Crippen molar-refractivity contribution in [2.24, 2.45) is 0 Å². The van der Waals surface area contributed by atoms with E-state index in [4.69, 9.17) is 17.3 Å². The first kappa shape index (κ1) is 13.0. The molecule has 0 saturated carbocycles.